The highest BCUT2D eigenvalue weighted by Gasteiger charge is 2.47. The summed E-state index contributed by atoms with van der Waals surface area (Å²) in [7, 11) is 1.42. The molecule has 1 fully saturated rings. The van der Waals surface area contributed by atoms with E-state index in [9.17, 15) is 15.0 Å². The number of aliphatic hydroxyl groups is 2. The van der Waals surface area contributed by atoms with Gasteiger partial charge in [-0.1, -0.05) is 29.8 Å². The van der Waals surface area contributed by atoms with Gasteiger partial charge < -0.3 is 25.6 Å². The number of ether oxygens (including phenoxy) is 1. The largest absolute Gasteiger partial charge is 0.387 e. The Morgan fingerprint density at radius 2 is 2.10 bits per heavy atom. The minimum atomic E-state index is -1.40. The monoisotopic (exact) mass is 432 g/mol. The van der Waals surface area contributed by atoms with Gasteiger partial charge in [-0.15, -0.1) is 0 Å². The summed E-state index contributed by atoms with van der Waals surface area (Å²) in [4.78, 5) is 24.7. The van der Waals surface area contributed by atoms with Crippen molar-refractivity contribution in [1.82, 2.24) is 24.8 Å². The van der Waals surface area contributed by atoms with Gasteiger partial charge in [0.2, 0.25) is 5.28 Å². The number of nitrogens with one attached hydrogen (secondary N) is 2. The van der Waals surface area contributed by atoms with E-state index in [1.165, 1.54) is 17.9 Å². The van der Waals surface area contributed by atoms with E-state index in [2.05, 4.69) is 31.7 Å². The van der Waals surface area contributed by atoms with Crippen molar-refractivity contribution in [2.45, 2.75) is 38.0 Å². The molecule has 4 rings (SSSR count). The molecule has 4 unspecified atom stereocenters. The molecule has 158 valence electrons. The maximum Gasteiger partial charge on any atom is 0.251 e. The molecule has 0 radical (unpaired) electrons. The highest BCUT2D eigenvalue weighted by molar-refractivity contribution is 6.28. The summed E-state index contributed by atoms with van der Waals surface area (Å²) in [5.74, 6) is -0.122. The highest BCUT2D eigenvalue weighted by atomic mass is 35.5. The van der Waals surface area contributed by atoms with Gasteiger partial charge in [0.05, 0.1) is 6.33 Å². The first kappa shape index (κ1) is 20.5. The van der Waals surface area contributed by atoms with Crippen LogP contribution >= 0.6 is 11.6 Å². The number of anilines is 1. The van der Waals surface area contributed by atoms with Crippen LogP contribution in [0, 0.1) is 6.92 Å². The Labute approximate surface area is 176 Å². The molecule has 0 aliphatic carbocycles. The van der Waals surface area contributed by atoms with Crippen molar-refractivity contribution in [3.63, 3.8) is 0 Å². The van der Waals surface area contributed by atoms with Crippen LogP contribution in [-0.4, -0.2) is 61.0 Å². The van der Waals surface area contributed by atoms with E-state index in [4.69, 9.17) is 16.3 Å². The van der Waals surface area contributed by atoms with E-state index in [-0.39, 0.29) is 5.28 Å². The van der Waals surface area contributed by atoms with Gasteiger partial charge in [0.1, 0.15) is 12.2 Å². The number of aryl methyl sites for hydroxylation is 1. The fourth-order valence-corrected chi connectivity index (χ4v) is 3.62. The van der Waals surface area contributed by atoms with E-state index < -0.39 is 30.4 Å². The van der Waals surface area contributed by atoms with E-state index in [1.807, 2.05) is 25.1 Å². The van der Waals surface area contributed by atoms with Crippen LogP contribution in [0.3, 0.4) is 0 Å². The number of amides is 1. The van der Waals surface area contributed by atoms with Crippen LogP contribution in [0.4, 0.5) is 5.82 Å². The normalized spacial score (nSPS) is 23.6. The lowest BCUT2D eigenvalue weighted by Crippen LogP contribution is -2.41. The van der Waals surface area contributed by atoms with Crippen molar-refractivity contribution in [2.75, 3.05) is 12.4 Å². The van der Waals surface area contributed by atoms with Crippen molar-refractivity contribution in [1.29, 1.82) is 0 Å². The van der Waals surface area contributed by atoms with Crippen LogP contribution in [0.25, 0.3) is 11.2 Å². The number of rotatable bonds is 5. The second-order valence-electron chi connectivity index (χ2n) is 7.05. The molecule has 10 nitrogen and oxygen atoms in total. The number of likely N-dealkylation sites (N-methyl/N-ethyl adjacent to an activating group) is 1. The van der Waals surface area contributed by atoms with Gasteiger partial charge in [0, 0.05) is 13.6 Å². The summed E-state index contributed by atoms with van der Waals surface area (Å²) in [6.07, 6.45) is -3.64. The average molecular weight is 433 g/mol. The molecular formula is C19H21ClN6O4. The zero-order chi connectivity index (χ0) is 21.4. The minimum Gasteiger partial charge on any atom is -0.387 e. The highest BCUT2D eigenvalue weighted by Crippen LogP contribution is 2.33. The standard InChI is InChI=1S/C19H21ClN6O4/c1-9-4-3-5-10(6-9)7-22-15-11-16(25-19(20)24-15)26(8-23-11)18-13(28)12(27)14(30-18)17(29)21-2/h3-6,8,12-14,18,27-28H,7H2,1-2H3,(H,21,29)(H,22,24,25). The minimum absolute atomic E-state index is 0.0214. The van der Waals surface area contributed by atoms with Gasteiger partial charge in [0.25, 0.3) is 5.91 Å². The number of fused-ring (bicyclic) bond motifs is 1. The number of aliphatic hydroxyl groups excluding tert-OH is 2. The summed E-state index contributed by atoms with van der Waals surface area (Å²) in [5, 5.41) is 26.2. The Kier molecular flexibility index (Phi) is 5.56. The number of hydrogen-bond acceptors (Lipinski definition) is 8. The molecule has 1 aliphatic rings. The Morgan fingerprint density at radius 1 is 1.30 bits per heavy atom. The average Bonchev–Trinajstić information content (AvgIpc) is 3.27. The fourth-order valence-electron chi connectivity index (χ4n) is 3.46. The zero-order valence-electron chi connectivity index (χ0n) is 16.3. The summed E-state index contributed by atoms with van der Waals surface area (Å²) >= 11 is 6.11. The quantitative estimate of drug-likeness (QED) is 0.434. The van der Waals surface area contributed by atoms with Crippen LogP contribution < -0.4 is 10.6 Å². The lowest BCUT2D eigenvalue weighted by atomic mass is 10.1. The van der Waals surface area contributed by atoms with Crippen LogP contribution in [0.15, 0.2) is 30.6 Å². The number of carbonyl (C=O) groups excluding carboxylic acids is 1. The molecule has 1 aromatic carbocycles. The number of halogens is 1. The topological polar surface area (TPSA) is 134 Å². The lowest BCUT2D eigenvalue weighted by molar-refractivity contribution is -0.137. The second kappa shape index (κ2) is 8.15. The molecule has 1 amide bonds. The van der Waals surface area contributed by atoms with Crippen molar-refractivity contribution >= 4 is 34.5 Å². The fraction of sp³-hybridized carbons (Fsp3) is 0.368. The maximum atomic E-state index is 11.9. The van der Waals surface area contributed by atoms with Crippen molar-refractivity contribution in [3.05, 3.63) is 47.0 Å². The van der Waals surface area contributed by atoms with Gasteiger partial charge in [-0.05, 0) is 24.1 Å². The summed E-state index contributed by atoms with van der Waals surface area (Å²) in [5.41, 5.74) is 2.92. The number of carbonyl (C=O) groups is 1. The van der Waals surface area contributed by atoms with E-state index in [0.29, 0.717) is 23.5 Å². The molecule has 0 saturated carbocycles. The lowest BCUT2D eigenvalue weighted by Gasteiger charge is -2.16. The molecule has 3 heterocycles. The van der Waals surface area contributed by atoms with Crippen molar-refractivity contribution in [2.24, 2.45) is 0 Å². The molecule has 1 saturated heterocycles. The summed E-state index contributed by atoms with van der Waals surface area (Å²) < 4.78 is 7.03. The number of aromatic nitrogens is 4. The predicted molar refractivity (Wildman–Crippen MR) is 109 cm³/mol. The third-order valence-electron chi connectivity index (χ3n) is 4.95. The summed E-state index contributed by atoms with van der Waals surface area (Å²) in [6.45, 7) is 2.51. The Morgan fingerprint density at radius 3 is 2.83 bits per heavy atom. The first-order valence-corrected chi connectivity index (χ1v) is 9.69. The van der Waals surface area contributed by atoms with Crippen LogP contribution in [0.5, 0.6) is 0 Å². The van der Waals surface area contributed by atoms with E-state index >= 15 is 0 Å². The molecule has 30 heavy (non-hydrogen) atoms. The number of hydrogen-bond donors (Lipinski definition) is 4. The molecule has 1 aliphatic heterocycles. The third kappa shape index (κ3) is 3.70. The first-order valence-electron chi connectivity index (χ1n) is 9.31. The molecule has 4 atom stereocenters. The van der Waals surface area contributed by atoms with Gasteiger partial charge >= 0.3 is 0 Å². The summed E-state index contributed by atoms with van der Waals surface area (Å²) in [6, 6.07) is 8.02. The molecule has 2 aromatic heterocycles. The van der Waals surface area contributed by atoms with Crippen molar-refractivity contribution < 1.29 is 19.7 Å². The molecular weight excluding hydrogens is 412 g/mol. The van der Waals surface area contributed by atoms with Gasteiger partial charge in [-0.3, -0.25) is 9.36 Å². The first-order chi connectivity index (χ1) is 14.4. The SMILES string of the molecule is CNC(=O)C1OC(n2cnc3c(NCc4cccc(C)c4)nc(Cl)nc32)C(O)C1O. The smallest absolute Gasteiger partial charge is 0.251 e. The van der Waals surface area contributed by atoms with Crippen LogP contribution in [0.2, 0.25) is 5.28 Å². The van der Waals surface area contributed by atoms with Crippen LogP contribution in [-0.2, 0) is 16.1 Å². The molecule has 3 aromatic rings. The zero-order valence-corrected chi connectivity index (χ0v) is 17.0. The number of nitrogens with zero attached hydrogens (tertiary/aromatic N) is 4. The Bertz CT molecular complexity index is 1090. The molecule has 0 spiro atoms. The molecule has 0 bridgehead atoms. The number of benzene rings is 1. The third-order valence-corrected chi connectivity index (χ3v) is 5.12. The van der Waals surface area contributed by atoms with Gasteiger partial charge in [-0.2, -0.15) is 9.97 Å². The van der Waals surface area contributed by atoms with E-state index in [0.717, 1.165) is 11.1 Å². The van der Waals surface area contributed by atoms with Crippen LogP contribution in [0.1, 0.15) is 17.4 Å². The Balaban J connectivity index is 1.64. The number of imidazole rings is 1. The maximum absolute atomic E-state index is 11.9. The second-order valence-corrected chi connectivity index (χ2v) is 7.39. The predicted octanol–water partition coefficient (Wildman–Crippen LogP) is 0.765. The van der Waals surface area contributed by atoms with Gasteiger partial charge in [0.15, 0.2) is 29.3 Å². The van der Waals surface area contributed by atoms with Gasteiger partial charge in [-0.25, -0.2) is 4.98 Å². The van der Waals surface area contributed by atoms with Crippen molar-refractivity contribution in [3.8, 4) is 0 Å². The molecule has 11 heteroatoms. The Hall–Kier alpha value is -2.79. The van der Waals surface area contributed by atoms with E-state index in [1.54, 1.807) is 0 Å². The molecule has 4 N–H and O–H groups in total.